The number of benzene rings is 2. The van der Waals surface area contributed by atoms with E-state index in [-0.39, 0.29) is 30.9 Å². The molecule has 0 radical (unpaired) electrons. The van der Waals surface area contributed by atoms with E-state index in [2.05, 4.69) is 26.6 Å². The number of hydrogen-bond donors (Lipinski definition) is 4. The third-order valence-electron chi connectivity index (χ3n) is 10.2. The molecule has 53 heavy (non-hydrogen) atoms. The SMILES string of the molecule is Cc1ccc2c(ccn2C[C@@H]2C/C=C/[C@H](c3ccc(CP(=O)([O-])[O-])cc3)[C@H](CC(=O)[O-])C(=O)NC3(CCCCC3)C(=O)N[C@@H](CC(N)=O)C(=O)NC2)c1. The van der Waals surface area contributed by atoms with Crippen LogP contribution >= 0.6 is 7.60 Å². The molecule has 5 rings (SSSR count). The van der Waals surface area contributed by atoms with Crippen LogP contribution in [0.3, 0.4) is 0 Å². The van der Waals surface area contributed by atoms with Crippen molar-refractivity contribution in [3.63, 3.8) is 0 Å². The molecule has 4 amide bonds. The molecule has 3 aromatic rings. The van der Waals surface area contributed by atoms with Gasteiger partial charge in [-0.3, -0.25) is 19.2 Å². The monoisotopic (exact) mass is 746 g/mol. The third kappa shape index (κ3) is 10.4. The van der Waals surface area contributed by atoms with Crippen molar-refractivity contribution >= 4 is 48.1 Å². The third-order valence-corrected chi connectivity index (χ3v) is 10.9. The number of nitrogens with two attached hydrogens (primary N) is 1. The molecule has 14 nitrogen and oxygen atoms in total. The van der Waals surface area contributed by atoms with Crippen molar-refractivity contribution in [1.82, 2.24) is 20.5 Å². The molecule has 5 N–H and O–H groups in total. The minimum absolute atomic E-state index is 0.133. The normalized spacial score (nSPS) is 23.6. The molecule has 2 heterocycles. The predicted molar refractivity (Wildman–Crippen MR) is 190 cm³/mol. The molecule has 1 aliphatic heterocycles. The molecule has 2 aromatic carbocycles. The van der Waals surface area contributed by atoms with Gasteiger partial charge in [-0.1, -0.05) is 74.9 Å². The molecule has 15 heteroatoms. The summed E-state index contributed by atoms with van der Waals surface area (Å²) in [5.74, 6) is -6.75. The Bertz CT molecular complexity index is 1910. The van der Waals surface area contributed by atoms with Gasteiger partial charge >= 0.3 is 0 Å². The first-order chi connectivity index (χ1) is 25.1. The van der Waals surface area contributed by atoms with E-state index in [1.807, 2.05) is 37.4 Å². The summed E-state index contributed by atoms with van der Waals surface area (Å²) in [4.78, 5) is 89.2. The molecule has 0 unspecified atom stereocenters. The number of hydrogen-bond acceptors (Lipinski definition) is 9. The smallest absolute Gasteiger partial charge is 0.246 e. The zero-order valence-electron chi connectivity index (χ0n) is 29.6. The Hall–Kier alpha value is -4.78. The lowest BCUT2D eigenvalue weighted by atomic mass is 9.78. The molecule has 1 saturated carbocycles. The molecule has 4 atom stereocenters. The van der Waals surface area contributed by atoms with Gasteiger partial charge < -0.3 is 50.5 Å². The Labute approximate surface area is 307 Å². The highest BCUT2D eigenvalue weighted by Gasteiger charge is 2.44. The van der Waals surface area contributed by atoms with E-state index in [1.54, 1.807) is 18.2 Å². The van der Waals surface area contributed by atoms with Crippen molar-refractivity contribution in [1.29, 1.82) is 0 Å². The first-order valence-corrected chi connectivity index (χ1v) is 19.6. The van der Waals surface area contributed by atoms with Crippen molar-refractivity contribution < 1.29 is 43.4 Å². The summed E-state index contributed by atoms with van der Waals surface area (Å²) in [6, 6.07) is 12.7. The highest BCUT2D eigenvalue weighted by atomic mass is 31.2. The van der Waals surface area contributed by atoms with Gasteiger partial charge in [-0.25, -0.2) is 0 Å². The average Bonchev–Trinajstić information content (AvgIpc) is 3.48. The topological polar surface area (TPSA) is 239 Å². The van der Waals surface area contributed by atoms with Gasteiger partial charge in [0.05, 0.1) is 12.3 Å². The number of carboxylic acids is 1. The number of aromatic nitrogens is 1. The molecule has 1 spiro atoms. The molecule has 2 aliphatic rings. The van der Waals surface area contributed by atoms with Crippen molar-refractivity contribution in [2.24, 2.45) is 17.6 Å². The van der Waals surface area contributed by atoms with Crippen molar-refractivity contribution in [3.8, 4) is 0 Å². The van der Waals surface area contributed by atoms with Gasteiger partial charge in [-0.15, -0.1) is 0 Å². The van der Waals surface area contributed by atoms with E-state index in [0.717, 1.165) is 22.9 Å². The van der Waals surface area contributed by atoms with Crippen LogP contribution in [-0.2, 0) is 41.2 Å². The zero-order chi connectivity index (χ0) is 38.3. The molecule has 1 aromatic heterocycles. The molecule has 0 bridgehead atoms. The number of fused-ring (bicyclic) bond motifs is 1. The maximum Gasteiger partial charge on any atom is 0.246 e. The lowest BCUT2D eigenvalue weighted by molar-refractivity contribution is -0.314. The largest absolute Gasteiger partial charge is 0.810 e. The second kappa shape index (κ2) is 16.9. The van der Waals surface area contributed by atoms with E-state index in [9.17, 15) is 43.4 Å². The lowest BCUT2D eigenvalue weighted by Gasteiger charge is -2.39. The summed E-state index contributed by atoms with van der Waals surface area (Å²) in [5, 5.41) is 21.7. The number of allylic oxidation sites excluding steroid dienone is 2. The van der Waals surface area contributed by atoms with Crippen molar-refractivity contribution in [2.75, 3.05) is 6.54 Å². The second-order valence-electron chi connectivity index (χ2n) is 14.4. The quantitative estimate of drug-likeness (QED) is 0.178. The van der Waals surface area contributed by atoms with Gasteiger partial charge in [0.25, 0.3) is 0 Å². The maximum absolute atomic E-state index is 14.3. The summed E-state index contributed by atoms with van der Waals surface area (Å²) in [7, 11) is -4.87. The van der Waals surface area contributed by atoms with Gasteiger partial charge in [0.15, 0.2) is 0 Å². The van der Waals surface area contributed by atoms with Crippen LogP contribution in [-0.4, -0.2) is 52.3 Å². The van der Waals surface area contributed by atoms with Gasteiger partial charge in [0.2, 0.25) is 23.6 Å². The van der Waals surface area contributed by atoms with Crippen LogP contribution in [0.4, 0.5) is 0 Å². The van der Waals surface area contributed by atoms with Crippen LogP contribution in [0, 0.1) is 18.8 Å². The number of primary amides is 1. The number of amides is 4. The summed E-state index contributed by atoms with van der Waals surface area (Å²) < 4.78 is 13.5. The van der Waals surface area contributed by atoms with Crippen LogP contribution in [0.2, 0.25) is 0 Å². The fourth-order valence-corrected chi connectivity index (χ4v) is 8.13. The average molecular weight is 747 g/mol. The van der Waals surface area contributed by atoms with Crippen LogP contribution in [0.1, 0.15) is 74.0 Å². The predicted octanol–water partition coefficient (Wildman–Crippen LogP) is 0.775. The van der Waals surface area contributed by atoms with Crippen LogP contribution in [0.5, 0.6) is 0 Å². The Balaban J connectivity index is 1.58. The van der Waals surface area contributed by atoms with Crippen LogP contribution in [0.15, 0.2) is 66.9 Å². The summed E-state index contributed by atoms with van der Waals surface area (Å²) >= 11 is 0. The van der Waals surface area contributed by atoms with Gasteiger partial charge in [0.1, 0.15) is 11.6 Å². The fourth-order valence-electron chi connectivity index (χ4n) is 7.47. The van der Waals surface area contributed by atoms with Gasteiger partial charge in [-0.2, -0.15) is 0 Å². The molecular weight excluding hydrogens is 701 g/mol. The van der Waals surface area contributed by atoms with E-state index < -0.39 is 79.6 Å². The first kappa shape index (κ1) is 39.4. The number of carbonyl (C=O) groups excluding carboxylic acids is 5. The molecule has 1 aliphatic carbocycles. The Morgan fingerprint density at radius 3 is 2.36 bits per heavy atom. The van der Waals surface area contributed by atoms with Crippen LogP contribution < -0.4 is 36.6 Å². The zero-order valence-corrected chi connectivity index (χ0v) is 30.5. The number of carboxylic acid groups (broad SMARTS) is 1. The van der Waals surface area contributed by atoms with Crippen LogP contribution in [0.25, 0.3) is 10.9 Å². The van der Waals surface area contributed by atoms with E-state index in [4.69, 9.17) is 5.73 Å². The van der Waals surface area contributed by atoms with E-state index in [1.165, 1.54) is 12.1 Å². The highest BCUT2D eigenvalue weighted by molar-refractivity contribution is 7.47. The van der Waals surface area contributed by atoms with Crippen molar-refractivity contribution in [2.45, 2.75) is 88.5 Å². The number of nitrogens with one attached hydrogen (secondary N) is 3. The summed E-state index contributed by atoms with van der Waals surface area (Å²) in [6.07, 6.45) is 6.24. The van der Waals surface area contributed by atoms with Crippen molar-refractivity contribution in [3.05, 3.63) is 83.6 Å². The minimum Gasteiger partial charge on any atom is -0.810 e. The number of rotatable bonds is 9. The second-order valence-corrected chi connectivity index (χ2v) is 15.9. The van der Waals surface area contributed by atoms with E-state index in [0.29, 0.717) is 31.4 Å². The Morgan fingerprint density at radius 2 is 1.70 bits per heavy atom. The van der Waals surface area contributed by atoms with E-state index >= 15 is 0 Å². The molecule has 1 fully saturated rings. The number of aliphatic carboxylic acids is 1. The summed E-state index contributed by atoms with van der Waals surface area (Å²) in [6.45, 7) is 2.58. The standard InChI is InChI=1S/C38H48N5O9P/c1-24-8-13-32-28(18-24)14-17-43(32)22-26-6-5-7-29(27-11-9-25(10-12-27)23-53(50,51)52)30(19-34(45)46)35(47)42-38(15-3-2-4-16-38)37(49)41-31(20-33(39)44)36(48)40-21-26/h5,7-14,17-18,26,29-31H,2-4,6,15-16,19-23H2,1H3,(H2,39,44)(H,40,48)(H,41,49)(H,42,47)(H,45,46)(H2,50,51,52)/p-3/b7-5+/t26-,29-,30+,31+/m1/s1. The van der Waals surface area contributed by atoms with Gasteiger partial charge in [0, 0.05) is 42.9 Å². The summed E-state index contributed by atoms with van der Waals surface area (Å²) in [5.41, 5.74) is 6.78. The molecule has 284 valence electrons. The molecule has 0 saturated heterocycles. The first-order valence-electron chi connectivity index (χ1n) is 17.8. The Morgan fingerprint density at radius 1 is 0.981 bits per heavy atom. The van der Waals surface area contributed by atoms with Gasteiger partial charge in [-0.05, 0) is 73.2 Å². The molecular formula is C38H45N5O9P-3. The highest BCUT2D eigenvalue weighted by Crippen LogP contribution is 2.35. The number of carbonyl (C=O) groups is 5. The Kier molecular flexibility index (Phi) is 12.6. The lowest BCUT2D eigenvalue weighted by Crippen LogP contribution is -2.64. The number of nitrogens with zero attached hydrogens (tertiary/aromatic N) is 1. The maximum atomic E-state index is 14.3. The minimum atomic E-state index is -4.87. The number of aryl methyl sites for hydroxylation is 1. The fraction of sp³-hybridized carbons (Fsp3) is 0.447.